The van der Waals surface area contributed by atoms with E-state index in [4.69, 9.17) is 0 Å². The summed E-state index contributed by atoms with van der Waals surface area (Å²) in [5, 5.41) is 32.4. The molecule has 0 heterocycles. The lowest BCUT2D eigenvalue weighted by Gasteiger charge is -2.13. The lowest BCUT2D eigenvalue weighted by atomic mass is 9.86. The van der Waals surface area contributed by atoms with Gasteiger partial charge in [0.05, 0.1) is 16.7 Å². The quantitative estimate of drug-likeness (QED) is 0.0954. The van der Waals surface area contributed by atoms with Gasteiger partial charge in [-0.25, -0.2) is 0 Å². The summed E-state index contributed by atoms with van der Waals surface area (Å²) in [6.45, 7) is 0. The maximum Gasteiger partial charge on any atom is 0.100 e. The first kappa shape index (κ1) is 47.8. The first-order chi connectivity index (χ1) is 33.5. The fourth-order valence-electron chi connectivity index (χ4n) is 7.59. The SMILES string of the molecule is CN(C)c1ccc(/C=C/c2ccc(/C=C/c3c(C#N)c(/C=C/c4ccc(/C=C/c5ccc(N(C)C)cc5)cc4)c(C#N)c(/C=C/c4ccc(/C=C/c5ccc(N(C)C)cc5)cc4)c3C#N)cc2)cc1. The molecule has 0 aliphatic carbocycles. The Bertz CT molecular complexity index is 2820. The number of anilines is 3. The van der Waals surface area contributed by atoms with Crippen LogP contribution >= 0.6 is 0 Å². The minimum absolute atomic E-state index is 0.250. The van der Waals surface area contributed by atoms with Gasteiger partial charge >= 0.3 is 0 Å². The molecule has 0 atom stereocenters. The van der Waals surface area contributed by atoms with Crippen LogP contribution in [0.15, 0.2) is 146 Å². The highest BCUT2D eigenvalue weighted by Crippen LogP contribution is 2.33. The lowest BCUT2D eigenvalue weighted by Crippen LogP contribution is -2.07. The molecule has 0 saturated carbocycles. The van der Waals surface area contributed by atoms with Gasteiger partial charge in [0, 0.05) is 76.0 Å². The van der Waals surface area contributed by atoms with Crippen LogP contribution in [-0.4, -0.2) is 42.3 Å². The van der Waals surface area contributed by atoms with Crippen molar-refractivity contribution in [3.05, 3.63) is 229 Å². The van der Waals surface area contributed by atoms with Gasteiger partial charge in [-0.3, -0.25) is 0 Å². The molecule has 0 bridgehead atoms. The number of nitriles is 3. The zero-order valence-corrected chi connectivity index (χ0v) is 40.0. The topological polar surface area (TPSA) is 81.1 Å². The van der Waals surface area contributed by atoms with E-state index in [1.807, 2.05) is 152 Å². The Morgan fingerprint density at radius 2 is 0.391 bits per heavy atom. The van der Waals surface area contributed by atoms with Crippen LogP contribution in [0.3, 0.4) is 0 Å². The largest absolute Gasteiger partial charge is 0.378 e. The van der Waals surface area contributed by atoms with E-state index < -0.39 is 0 Å². The molecule has 6 nitrogen and oxygen atoms in total. The summed E-state index contributed by atoms with van der Waals surface area (Å²) in [6, 6.07) is 56.5. The van der Waals surface area contributed by atoms with Crippen molar-refractivity contribution < 1.29 is 0 Å². The molecule has 6 heteroatoms. The van der Waals surface area contributed by atoms with Gasteiger partial charge in [-0.15, -0.1) is 0 Å². The molecule has 69 heavy (non-hydrogen) atoms. The second-order valence-electron chi connectivity index (χ2n) is 17.2. The molecule has 0 amide bonds. The Hall–Kier alpha value is -9.15. The number of rotatable bonds is 15. The summed E-state index contributed by atoms with van der Waals surface area (Å²) in [6.07, 6.45) is 23.6. The van der Waals surface area contributed by atoms with Crippen LogP contribution in [0.25, 0.3) is 72.9 Å². The van der Waals surface area contributed by atoms with Crippen molar-refractivity contribution in [3.63, 3.8) is 0 Å². The second kappa shape index (κ2) is 22.8. The molecule has 0 spiro atoms. The summed E-state index contributed by atoms with van der Waals surface area (Å²) in [7, 11) is 12.2. The van der Waals surface area contributed by atoms with Crippen LogP contribution in [0.1, 0.15) is 83.5 Å². The van der Waals surface area contributed by atoms with Crippen LogP contribution in [0.5, 0.6) is 0 Å². The molecule has 0 N–H and O–H groups in total. The lowest BCUT2D eigenvalue weighted by molar-refractivity contribution is 1.13. The van der Waals surface area contributed by atoms with Gasteiger partial charge in [0.25, 0.3) is 0 Å². The number of hydrogen-bond donors (Lipinski definition) is 0. The van der Waals surface area contributed by atoms with Crippen molar-refractivity contribution in [2.24, 2.45) is 0 Å². The predicted octanol–water partition coefficient (Wildman–Crippen LogP) is 14.5. The summed E-state index contributed by atoms with van der Waals surface area (Å²) < 4.78 is 0. The maximum absolute atomic E-state index is 10.8. The van der Waals surface area contributed by atoms with E-state index in [-0.39, 0.29) is 16.7 Å². The average molecular weight is 895 g/mol. The Balaban J connectivity index is 1.20. The third-order valence-electron chi connectivity index (χ3n) is 11.7. The van der Waals surface area contributed by atoms with Gasteiger partial charge < -0.3 is 14.7 Å². The summed E-state index contributed by atoms with van der Waals surface area (Å²) in [5.41, 5.74) is 14.6. The second-order valence-corrected chi connectivity index (χ2v) is 17.2. The van der Waals surface area contributed by atoms with E-state index >= 15 is 0 Å². The standard InChI is InChI=1S/C63H54N6/c1-67(2)55-34-25-52(26-35-55)22-13-46-7-16-49(17-8-46)31-40-58-61(43-64)59(41-32-50-18-9-47(10-19-50)14-23-53-27-36-56(37-28-53)68(3)4)63(45-66)60(62(58)44-65)42-33-51-20-11-48(12-21-51)15-24-54-29-38-57(39-30-54)69(5)6/h7-42H,1-6H3/b22-13+,23-14+,24-15+,40-31+,41-32+,42-33+. The van der Waals surface area contributed by atoms with Crippen LogP contribution in [0.2, 0.25) is 0 Å². The van der Waals surface area contributed by atoms with Crippen LogP contribution in [0, 0.1) is 34.0 Å². The van der Waals surface area contributed by atoms with Gasteiger partial charge in [0.1, 0.15) is 18.2 Å². The molecule has 0 aliphatic heterocycles. The Kier molecular flexibility index (Phi) is 15.8. The third kappa shape index (κ3) is 12.6. The van der Waals surface area contributed by atoms with Gasteiger partial charge in [-0.2, -0.15) is 15.8 Å². The van der Waals surface area contributed by atoms with E-state index in [0.717, 1.165) is 67.1 Å². The third-order valence-corrected chi connectivity index (χ3v) is 11.7. The van der Waals surface area contributed by atoms with E-state index in [1.165, 1.54) is 0 Å². The normalized spacial score (nSPS) is 11.5. The highest BCUT2D eigenvalue weighted by Gasteiger charge is 2.21. The van der Waals surface area contributed by atoms with Crippen molar-refractivity contribution in [3.8, 4) is 18.2 Å². The first-order valence-electron chi connectivity index (χ1n) is 22.7. The highest BCUT2D eigenvalue weighted by molar-refractivity contribution is 5.90. The number of benzene rings is 7. The van der Waals surface area contributed by atoms with E-state index in [1.54, 1.807) is 0 Å². The summed E-state index contributed by atoms with van der Waals surface area (Å²) in [5.74, 6) is 0. The van der Waals surface area contributed by atoms with Crippen LogP contribution < -0.4 is 14.7 Å². The zero-order valence-electron chi connectivity index (χ0n) is 40.0. The minimum Gasteiger partial charge on any atom is -0.378 e. The number of nitrogens with zero attached hydrogens (tertiary/aromatic N) is 6. The highest BCUT2D eigenvalue weighted by atomic mass is 15.1. The average Bonchev–Trinajstić information content (AvgIpc) is 3.38. The summed E-state index contributed by atoms with van der Waals surface area (Å²) >= 11 is 0. The molecule has 7 rings (SSSR count). The van der Waals surface area contributed by atoms with Gasteiger partial charge in [-0.1, -0.05) is 182 Å². The fourth-order valence-corrected chi connectivity index (χ4v) is 7.59. The van der Waals surface area contributed by atoms with Crippen molar-refractivity contribution in [2.75, 3.05) is 57.0 Å². The molecule has 0 radical (unpaired) electrons. The van der Waals surface area contributed by atoms with E-state index in [2.05, 4.69) is 142 Å². The molecule has 7 aromatic carbocycles. The minimum atomic E-state index is 0.250. The maximum atomic E-state index is 10.8. The molecular weight excluding hydrogens is 841 g/mol. The number of hydrogen-bond acceptors (Lipinski definition) is 6. The molecule has 0 aromatic heterocycles. The van der Waals surface area contributed by atoms with Crippen molar-refractivity contribution >= 4 is 90.0 Å². The fraction of sp³-hybridized carbons (Fsp3) is 0.0952. The monoisotopic (exact) mass is 894 g/mol. The van der Waals surface area contributed by atoms with Gasteiger partial charge in [0.15, 0.2) is 0 Å². The van der Waals surface area contributed by atoms with E-state index in [9.17, 15) is 15.8 Å². The van der Waals surface area contributed by atoms with Gasteiger partial charge in [-0.05, 0) is 86.5 Å². The summed E-state index contributed by atoms with van der Waals surface area (Å²) in [4.78, 5) is 6.22. The smallest absolute Gasteiger partial charge is 0.100 e. The molecule has 0 aliphatic rings. The molecule has 0 unspecified atom stereocenters. The molecule has 7 aromatic rings. The van der Waals surface area contributed by atoms with Crippen LogP contribution in [-0.2, 0) is 0 Å². The van der Waals surface area contributed by atoms with Gasteiger partial charge in [0.2, 0.25) is 0 Å². The first-order valence-corrected chi connectivity index (χ1v) is 22.7. The van der Waals surface area contributed by atoms with Crippen molar-refractivity contribution in [1.29, 1.82) is 15.8 Å². The Labute approximate surface area is 408 Å². The zero-order chi connectivity index (χ0) is 48.7. The van der Waals surface area contributed by atoms with Crippen LogP contribution in [0.4, 0.5) is 17.1 Å². The predicted molar refractivity (Wildman–Crippen MR) is 296 cm³/mol. The van der Waals surface area contributed by atoms with Crippen molar-refractivity contribution in [1.82, 2.24) is 0 Å². The Morgan fingerprint density at radius 3 is 0.536 bits per heavy atom. The molecule has 0 saturated heterocycles. The molecule has 0 fully saturated rings. The van der Waals surface area contributed by atoms with Crippen molar-refractivity contribution in [2.45, 2.75) is 0 Å². The van der Waals surface area contributed by atoms with E-state index in [0.29, 0.717) is 16.7 Å². The molecule has 336 valence electrons. The molecular formula is C63H54N6. The Morgan fingerprint density at radius 1 is 0.246 bits per heavy atom.